The van der Waals surface area contributed by atoms with Crippen LogP contribution in [-0.2, 0) is 0 Å². The van der Waals surface area contributed by atoms with Crippen molar-refractivity contribution in [3.8, 4) is 5.75 Å². The SMILES string of the molecule is Cc1cccc2c1NC(C)C(C)O2. The van der Waals surface area contributed by atoms with Gasteiger partial charge in [0.2, 0.25) is 0 Å². The van der Waals surface area contributed by atoms with Gasteiger partial charge in [0.15, 0.2) is 0 Å². The number of fused-ring (bicyclic) bond motifs is 1. The average molecular weight is 177 g/mol. The number of aryl methyl sites for hydroxylation is 1. The van der Waals surface area contributed by atoms with E-state index in [1.54, 1.807) is 0 Å². The molecule has 70 valence electrons. The fourth-order valence-electron chi connectivity index (χ4n) is 1.57. The number of hydrogen-bond donors (Lipinski definition) is 1. The molecule has 1 heterocycles. The molecule has 0 saturated carbocycles. The molecular formula is C11H15NO. The molecule has 2 nitrogen and oxygen atoms in total. The zero-order chi connectivity index (χ0) is 9.42. The Hall–Kier alpha value is -1.18. The Kier molecular flexibility index (Phi) is 1.91. The summed E-state index contributed by atoms with van der Waals surface area (Å²) in [7, 11) is 0. The molecule has 1 aliphatic rings. The molecule has 2 unspecified atom stereocenters. The smallest absolute Gasteiger partial charge is 0.143 e. The third kappa shape index (κ3) is 1.37. The van der Waals surface area contributed by atoms with E-state index < -0.39 is 0 Å². The Labute approximate surface area is 78.9 Å². The van der Waals surface area contributed by atoms with E-state index in [9.17, 15) is 0 Å². The second-order valence-electron chi connectivity index (χ2n) is 3.70. The van der Waals surface area contributed by atoms with Crippen LogP contribution in [0.1, 0.15) is 19.4 Å². The summed E-state index contributed by atoms with van der Waals surface area (Å²) in [4.78, 5) is 0. The minimum atomic E-state index is 0.245. The summed E-state index contributed by atoms with van der Waals surface area (Å²) >= 11 is 0. The van der Waals surface area contributed by atoms with Gasteiger partial charge in [0.25, 0.3) is 0 Å². The van der Waals surface area contributed by atoms with Crippen molar-refractivity contribution in [2.24, 2.45) is 0 Å². The first-order chi connectivity index (χ1) is 6.18. The van der Waals surface area contributed by atoms with E-state index in [2.05, 4.69) is 32.2 Å². The molecule has 2 rings (SSSR count). The molecule has 2 atom stereocenters. The molecule has 0 radical (unpaired) electrons. The van der Waals surface area contributed by atoms with Crippen molar-refractivity contribution in [3.63, 3.8) is 0 Å². The maximum Gasteiger partial charge on any atom is 0.143 e. The minimum absolute atomic E-state index is 0.245. The first kappa shape index (κ1) is 8.42. The van der Waals surface area contributed by atoms with Crippen LogP contribution in [0.2, 0.25) is 0 Å². The number of ether oxygens (including phenoxy) is 1. The molecule has 2 heteroatoms. The normalized spacial score (nSPS) is 25.8. The van der Waals surface area contributed by atoms with Crippen LogP contribution in [0.5, 0.6) is 5.75 Å². The number of hydrogen-bond acceptors (Lipinski definition) is 2. The Morgan fingerprint density at radius 1 is 1.31 bits per heavy atom. The lowest BCUT2D eigenvalue weighted by Gasteiger charge is -2.31. The third-order valence-corrected chi connectivity index (χ3v) is 2.62. The first-order valence-electron chi connectivity index (χ1n) is 4.71. The highest BCUT2D eigenvalue weighted by Crippen LogP contribution is 2.33. The predicted molar refractivity (Wildman–Crippen MR) is 54.4 cm³/mol. The van der Waals surface area contributed by atoms with Gasteiger partial charge in [-0.15, -0.1) is 0 Å². The third-order valence-electron chi connectivity index (χ3n) is 2.62. The average Bonchev–Trinajstić information content (AvgIpc) is 2.09. The molecule has 1 aromatic rings. The van der Waals surface area contributed by atoms with E-state index in [-0.39, 0.29) is 6.10 Å². The molecule has 0 aromatic heterocycles. The van der Waals surface area contributed by atoms with Crippen molar-refractivity contribution < 1.29 is 4.74 Å². The van der Waals surface area contributed by atoms with Crippen molar-refractivity contribution in [2.75, 3.05) is 5.32 Å². The fraction of sp³-hybridized carbons (Fsp3) is 0.455. The zero-order valence-corrected chi connectivity index (χ0v) is 8.29. The van der Waals surface area contributed by atoms with E-state index in [4.69, 9.17) is 4.74 Å². The lowest BCUT2D eigenvalue weighted by Crippen LogP contribution is -2.37. The van der Waals surface area contributed by atoms with E-state index in [1.807, 2.05) is 12.1 Å². The summed E-state index contributed by atoms with van der Waals surface area (Å²) in [6.45, 7) is 6.32. The number of nitrogens with one attached hydrogen (secondary N) is 1. The molecule has 0 bridgehead atoms. The maximum absolute atomic E-state index is 5.76. The number of anilines is 1. The second kappa shape index (κ2) is 2.95. The lowest BCUT2D eigenvalue weighted by molar-refractivity contribution is 0.193. The molecule has 1 aliphatic heterocycles. The van der Waals surface area contributed by atoms with E-state index in [0.29, 0.717) is 6.04 Å². The standard InChI is InChI=1S/C11H15NO/c1-7-5-4-6-10-11(7)12-8(2)9(3)13-10/h4-6,8-9,12H,1-3H3. The van der Waals surface area contributed by atoms with E-state index in [1.165, 1.54) is 5.56 Å². The van der Waals surface area contributed by atoms with Gasteiger partial charge in [0, 0.05) is 0 Å². The van der Waals surface area contributed by atoms with Crippen LogP contribution >= 0.6 is 0 Å². The molecular weight excluding hydrogens is 162 g/mol. The Balaban J connectivity index is 2.42. The minimum Gasteiger partial charge on any atom is -0.486 e. The Morgan fingerprint density at radius 3 is 2.85 bits per heavy atom. The van der Waals surface area contributed by atoms with Crippen molar-refractivity contribution in [1.82, 2.24) is 0 Å². The monoisotopic (exact) mass is 177 g/mol. The molecule has 13 heavy (non-hydrogen) atoms. The molecule has 0 aliphatic carbocycles. The van der Waals surface area contributed by atoms with Gasteiger partial charge in [-0.3, -0.25) is 0 Å². The number of para-hydroxylation sites is 1. The molecule has 0 spiro atoms. The Morgan fingerprint density at radius 2 is 2.08 bits per heavy atom. The highest BCUT2D eigenvalue weighted by molar-refractivity contribution is 5.63. The van der Waals surface area contributed by atoms with Gasteiger partial charge in [0.1, 0.15) is 11.9 Å². The zero-order valence-electron chi connectivity index (χ0n) is 8.29. The van der Waals surface area contributed by atoms with Crippen LogP contribution in [-0.4, -0.2) is 12.1 Å². The van der Waals surface area contributed by atoms with Gasteiger partial charge < -0.3 is 10.1 Å². The first-order valence-corrected chi connectivity index (χ1v) is 4.71. The van der Waals surface area contributed by atoms with Gasteiger partial charge in [-0.2, -0.15) is 0 Å². The largest absolute Gasteiger partial charge is 0.486 e. The van der Waals surface area contributed by atoms with E-state index in [0.717, 1.165) is 11.4 Å². The number of benzene rings is 1. The second-order valence-corrected chi connectivity index (χ2v) is 3.70. The van der Waals surface area contributed by atoms with E-state index >= 15 is 0 Å². The van der Waals surface area contributed by atoms with Crippen LogP contribution in [0.4, 0.5) is 5.69 Å². The van der Waals surface area contributed by atoms with Gasteiger partial charge in [-0.1, -0.05) is 12.1 Å². The summed E-state index contributed by atoms with van der Waals surface area (Å²) < 4.78 is 5.76. The van der Waals surface area contributed by atoms with Gasteiger partial charge in [-0.05, 0) is 32.4 Å². The molecule has 1 aromatic carbocycles. The van der Waals surface area contributed by atoms with Crippen molar-refractivity contribution in [3.05, 3.63) is 23.8 Å². The van der Waals surface area contributed by atoms with Crippen LogP contribution in [0.15, 0.2) is 18.2 Å². The summed E-state index contributed by atoms with van der Waals surface area (Å²) in [6.07, 6.45) is 0.245. The Bertz CT molecular complexity index is 322. The summed E-state index contributed by atoms with van der Waals surface area (Å²) in [5.41, 5.74) is 2.39. The van der Waals surface area contributed by atoms with Crippen LogP contribution in [0, 0.1) is 6.92 Å². The maximum atomic E-state index is 5.76. The molecule has 1 N–H and O–H groups in total. The quantitative estimate of drug-likeness (QED) is 0.657. The molecule has 0 amide bonds. The summed E-state index contributed by atoms with van der Waals surface area (Å²) in [5.74, 6) is 0.977. The van der Waals surface area contributed by atoms with Crippen molar-refractivity contribution in [1.29, 1.82) is 0 Å². The highest BCUT2D eigenvalue weighted by atomic mass is 16.5. The van der Waals surface area contributed by atoms with Crippen LogP contribution in [0.3, 0.4) is 0 Å². The topological polar surface area (TPSA) is 21.3 Å². The number of rotatable bonds is 0. The van der Waals surface area contributed by atoms with Crippen molar-refractivity contribution >= 4 is 5.69 Å². The van der Waals surface area contributed by atoms with Crippen LogP contribution in [0.25, 0.3) is 0 Å². The van der Waals surface area contributed by atoms with Gasteiger partial charge in [0.05, 0.1) is 11.7 Å². The van der Waals surface area contributed by atoms with Crippen LogP contribution < -0.4 is 10.1 Å². The summed E-state index contributed by atoms with van der Waals surface area (Å²) in [5, 5.41) is 3.45. The highest BCUT2D eigenvalue weighted by Gasteiger charge is 2.22. The molecule has 0 fully saturated rings. The van der Waals surface area contributed by atoms with Gasteiger partial charge >= 0.3 is 0 Å². The lowest BCUT2D eigenvalue weighted by atomic mass is 10.1. The predicted octanol–water partition coefficient (Wildman–Crippen LogP) is 2.58. The molecule has 0 saturated heterocycles. The fourth-order valence-corrected chi connectivity index (χ4v) is 1.57. The van der Waals surface area contributed by atoms with Crippen molar-refractivity contribution in [2.45, 2.75) is 32.9 Å². The van der Waals surface area contributed by atoms with Gasteiger partial charge in [-0.25, -0.2) is 0 Å². The summed E-state index contributed by atoms with van der Waals surface area (Å²) in [6, 6.07) is 6.52.